The Hall–Kier alpha value is -2.14. The van der Waals surface area contributed by atoms with Crippen LogP contribution in [0.3, 0.4) is 0 Å². The highest BCUT2D eigenvalue weighted by Crippen LogP contribution is 2.23. The van der Waals surface area contributed by atoms with Crippen LogP contribution in [0.5, 0.6) is 5.75 Å². The Morgan fingerprint density at radius 3 is 2.89 bits per heavy atom. The molecule has 0 radical (unpaired) electrons. The maximum atomic E-state index is 12.0. The molecule has 0 spiro atoms. The molecule has 5 nitrogen and oxygen atoms in total. The third-order valence-corrected chi connectivity index (χ3v) is 2.46. The van der Waals surface area contributed by atoms with Crippen LogP contribution < -0.4 is 10.1 Å². The van der Waals surface area contributed by atoms with Gasteiger partial charge in [0.2, 0.25) is 0 Å². The van der Waals surface area contributed by atoms with E-state index in [1.807, 2.05) is 0 Å². The molecule has 1 aromatic heterocycles. The van der Waals surface area contributed by atoms with Gasteiger partial charge in [0.25, 0.3) is 5.91 Å². The third kappa shape index (κ3) is 2.75. The zero-order chi connectivity index (χ0) is 13.0. The highest BCUT2D eigenvalue weighted by Gasteiger charge is 2.13. The molecule has 0 fully saturated rings. The number of methoxy groups -OCH3 is 1. The van der Waals surface area contributed by atoms with E-state index >= 15 is 0 Å². The number of carbonyl (C=O) groups excluding carboxylic acids is 1. The first-order valence-electron chi connectivity index (χ1n) is 5.13. The van der Waals surface area contributed by atoms with Crippen LogP contribution in [0.15, 0.2) is 36.5 Å². The molecule has 0 atom stereocenters. The minimum atomic E-state index is -0.352. The van der Waals surface area contributed by atoms with Crippen molar-refractivity contribution < 1.29 is 9.53 Å². The SMILES string of the molecule is COc1ccc(Cl)cc1C(=O)Nc1cccnn1. The molecule has 0 bridgehead atoms. The Kier molecular flexibility index (Phi) is 3.74. The smallest absolute Gasteiger partial charge is 0.260 e. The largest absolute Gasteiger partial charge is 0.496 e. The van der Waals surface area contributed by atoms with Crippen molar-refractivity contribution in [3.05, 3.63) is 47.1 Å². The van der Waals surface area contributed by atoms with Crippen molar-refractivity contribution >= 4 is 23.3 Å². The van der Waals surface area contributed by atoms with Crippen LogP contribution >= 0.6 is 11.6 Å². The zero-order valence-electron chi connectivity index (χ0n) is 9.55. The van der Waals surface area contributed by atoms with E-state index in [-0.39, 0.29) is 5.91 Å². The minimum Gasteiger partial charge on any atom is -0.496 e. The van der Waals surface area contributed by atoms with Crippen LogP contribution in [0.2, 0.25) is 5.02 Å². The molecule has 0 aliphatic heterocycles. The monoisotopic (exact) mass is 263 g/mol. The molecule has 92 valence electrons. The number of nitrogens with zero attached hydrogens (tertiary/aromatic N) is 2. The van der Waals surface area contributed by atoms with E-state index in [0.717, 1.165) is 0 Å². The molecular weight excluding hydrogens is 254 g/mol. The van der Waals surface area contributed by atoms with E-state index in [1.54, 1.807) is 24.3 Å². The first-order valence-corrected chi connectivity index (χ1v) is 5.51. The summed E-state index contributed by atoms with van der Waals surface area (Å²) in [6.07, 6.45) is 1.52. The van der Waals surface area contributed by atoms with E-state index in [9.17, 15) is 4.79 Å². The van der Waals surface area contributed by atoms with E-state index < -0.39 is 0 Å². The topological polar surface area (TPSA) is 64.1 Å². The Bertz CT molecular complexity index is 561. The van der Waals surface area contributed by atoms with Gasteiger partial charge in [0.1, 0.15) is 5.75 Å². The van der Waals surface area contributed by atoms with Crippen molar-refractivity contribution in [2.45, 2.75) is 0 Å². The molecule has 1 aromatic carbocycles. The zero-order valence-corrected chi connectivity index (χ0v) is 10.3. The molecule has 0 aliphatic carbocycles. The summed E-state index contributed by atoms with van der Waals surface area (Å²) in [5.74, 6) is 0.458. The van der Waals surface area contributed by atoms with Crippen LogP contribution in [0.25, 0.3) is 0 Å². The molecule has 6 heteroatoms. The van der Waals surface area contributed by atoms with Gasteiger partial charge < -0.3 is 10.1 Å². The molecule has 0 aliphatic rings. The molecular formula is C12H10ClN3O2. The van der Waals surface area contributed by atoms with Gasteiger partial charge in [-0.05, 0) is 30.3 Å². The summed E-state index contributed by atoms with van der Waals surface area (Å²) in [5.41, 5.74) is 0.343. The maximum absolute atomic E-state index is 12.0. The number of hydrogen-bond acceptors (Lipinski definition) is 4. The van der Waals surface area contributed by atoms with Crippen molar-refractivity contribution in [1.82, 2.24) is 10.2 Å². The highest BCUT2D eigenvalue weighted by atomic mass is 35.5. The summed E-state index contributed by atoms with van der Waals surface area (Å²) in [5, 5.41) is 10.5. The summed E-state index contributed by atoms with van der Waals surface area (Å²) in [7, 11) is 1.49. The molecule has 0 unspecified atom stereocenters. The van der Waals surface area contributed by atoms with Gasteiger partial charge >= 0.3 is 0 Å². The standard InChI is InChI=1S/C12H10ClN3O2/c1-18-10-5-4-8(13)7-9(10)12(17)15-11-3-2-6-14-16-11/h2-7H,1H3,(H,15,16,17). The predicted molar refractivity (Wildman–Crippen MR) is 68.0 cm³/mol. The van der Waals surface area contributed by atoms with Gasteiger partial charge in [0.05, 0.1) is 12.7 Å². The van der Waals surface area contributed by atoms with E-state index in [0.29, 0.717) is 22.2 Å². The second-order valence-corrected chi connectivity index (χ2v) is 3.84. The molecule has 0 saturated heterocycles. The number of nitrogens with one attached hydrogen (secondary N) is 1. The lowest BCUT2D eigenvalue weighted by Crippen LogP contribution is -2.14. The van der Waals surface area contributed by atoms with Crippen LogP contribution in [0.1, 0.15) is 10.4 Å². The second-order valence-electron chi connectivity index (χ2n) is 3.41. The van der Waals surface area contributed by atoms with E-state index in [2.05, 4.69) is 15.5 Å². The lowest BCUT2D eigenvalue weighted by Gasteiger charge is -2.08. The summed E-state index contributed by atoms with van der Waals surface area (Å²) < 4.78 is 5.10. The fraction of sp³-hybridized carbons (Fsp3) is 0.0833. The Balaban J connectivity index is 2.26. The molecule has 2 rings (SSSR count). The fourth-order valence-electron chi connectivity index (χ4n) is 1.41. The number of amides is 1. The number of halogens is 1. The number of ether oxygens (including phenoxy) is 1. The van der Waals surface area contributed by atoms with Crippen molar-refractivity contribution in [2.24, 2.45) is 0 Å². The van der Waals surface area contributed by atoms with Gasteiger partial charge in [-0.25, -0.2) is 0 Å². The normalized spacial score (nSPS) is 9.89. The van der Waals surface area contributed by atoms with Gasteiger partial charge in [-0.15, -0.1) is 5.10 Å². The summed E-state index contributed by atoms with van der Waals surface area (Å²) in [6.45, 7) is 0. The van der Waals surface area contributed by atoms with Crippen LogP contribution in [-0.2, 0) is 0 Å². The molecule has 2 aromatic rings. The summed E-state index contributed by atoms with van der Waals surface area (Å²) >= 11 is 5.86. The van der Waals surface area contributed by atoms with Crippen molar-refractivity contribution in [3.63, 3.8) is 0 Å². The van der Waals surface area contributed by atoms with E-state index in [4.69, 9.17) is 16.3 Å². The minimum absolute atomic E-state index is 0.343. The third-order valence-electron chi connectivity index (χ3n) is 2.22. The fourth-order valence-corrected chi connectivity index (χ4v) is 1.58. The predicted octanol–water partition coefficient (Wildman–Crippen LogP) is 2.39. The van der Waals surface area contributed by atoms with Crippen LogP contribution in [0.4, 0.5) is 5.82 Å². The van der Waals surface area contributed by atoms with Crippen LogP contribution in [0, 0.1) is 0 Å². The van der Waals surface area contributed by atoms with Gasteiger partial charge in [-0.1, -0.05) is 11.6 Å². The number of carbonyl (C=O) groups is 1. The highest BCUT2D eigenvalue weighted by molar-refractivity contribution is 6.31. The average Bonchev–Trinajstić information content (AvgIpc) is 2.40. The van der Waals surface area contributed by atoms with Crippen LogP contribution in [-0.4, -0.2) is 23.2 Å². The van der Waals surface area contributed by atoms with Gasteiger partial charge in [0, 0.05) is 11.2 Å². The number of rotatable bonds is 3. The molecule has 0 saturated carbocycles. The Morgan fingerprint density at radius 1 is 1.39 bits per heavy atom. The number of aromatic nitrogens is 2. The average molecular weight is 264 g/mol. The molecule has 1 heterocycles. The van der Waals surface area contributed by atoms with Crippen molar-refractivity contribution in [2.75, 3.05) is 12.4 Å². The lowest BCUT2D eigenvalue weighted by atomic mass is 10.2. The first kappa shape index (κ1) is 12.3. The number of hydrogen-bond donors (Lipinski definition) is 1. The van der Waals surface area contributed by atoms with Crippen molar-refractivity contribution in [1.29, 1.82) is 0 Å². The first-order chi connectivity index (χ1) is 8.70. The van der Waals surface area contributed by atoms with Gasteiger partial charge in [-0.3, -0.25) is 4.79 Å². The van der Waals surface area contributed by atoms with Gasteiger partial charge in [-0.2, -0.15) is 5.10 Å². The number of anilines is 1. The van der Waals surface area contributed by atoms with E-state index in [1.165, 1.54) is 19.4 Å². The lowest BCUT2D eigenvalue weighted by molar-refractivity contribution is 0.102. The Morgan fingerprint density at radius 2 is 2.22 bits per heavy atom. The quantitative estimate of drug-likeness (QED) is 0.923. The molecule has 1 amide bonds. The van der Waals surface area contributed by atoms with Crippen molar-refractivity contribution in [3.8, 4) is 5.75 Å². The molecule has 1 N–H and O–H groups in total. The Labute approximate surface area is 109 Å². The number of benzene rings is 1. The molecule has 18 heavy (non-hydrogen) atoms. The van der Waals surface area contributed by atoms with Gasteiger partial charge in [0.15, 0.2) is 5.82 Å². The second kappa shape index (κ2) is 5.46. The summed E-state index contributed by atoms with van der Waals surface area (Å²) in [4.78, 5) is 12.0. The maximum Gasteiger partial charge on any atom is 0.260 e. The summed E-state index contributed by atoms with van der Waals surface area (Å²) in [6, 6.07) is 8.14.